The molecular weight excluding hydrogens is 310 g/mol. The maximum atomic E-state index is 12.5. The van der Waals surface area contributed by atoms with E-state index in [1.807, 2.05) is 0 Å². The zero-order valence-corrected chi connectivity index (χ0v) is 14.6. The van der Waals surface area contributed by atoms with Crippen molar-refractivity contribution in [2.24, 2.45) is 17.6 Å². The summed E-state index contributed by atoms with van der Waals surface area (Å²) in [5.41, 5.74) is 5.82. The van der Waals surface area contributed by atoms with E-state index in [9.17, 15) is 8.42 Å². The minimum absolute atomic E-state index is 0. The second-order valence-corrected chi connectivity index (χ2v) is 8.15. The highest BCUT2D eigenvalue weighted by Gasteiger charge is 2.31. The van der Waals surface area contributed by atoms with Crippen LogP contribution in [0.5, 0.6) is 0 Å². The summed E-state index contributed by atoms with van der Waals surface area (Å²) >= 11 is 0. The molecule has 0 radical (unpaired) electrons. The van der Waals surface area contributed by atoms with Gasteiger partial charge in [-0.3, -0.25) is 0 Å². The molecule has 0 amide bonds. The molecule has 0 aromatic rings. The van der Waals surface area contributed by atoms with Gasteiger partial charge in [0.05, 0.1) is 0 Å². The lowest BCUT2D eigenvalue weighted by Crippen LogP contribution is -2.52. The molecule has 1 aliphatic carbocycles. The third kappa shape index (κ3) is 5.36. The zero-order chi connectivity index (χ0) is 14.6. The molecule has 0 aromatic carbocycles. The Balaban J connectivity index is 0.00000220. The van der Waals surface area contributed by atoms with Crippen LogP contribution >= 0.6 is 12.4 Å². The van der Waals surface area contributed by atoms with Gasteiger partial charge in [-0.05, 0) is 37.5 Å². The fourth-order valence-electron chi connectivity index (χ4n) is 3.36. The van der Waals surface area contributed by atoms with Gasteiger partial charge in [0, 0.05) is 25.7 Å². The van der Waals surface area contributed by atoms with Crippen LogP contribution in [0, 0.1) is 11.8 Å². The predicted octanol–water partition coefficient (Wildman–Crippen LogP) is 1.88. The first kappa shape index (κ1) is 19.2. The van der Waals surface area contributed by atoms with E-state index in [-0.39, 0.29) is 18.4 Å². The first-order valence-electron chi connectivity index (χ1n) is 8.00. The van der Waals surface area contributed by atoms with Crippen LogP contribution in [-0.2, 0) is 10.2 Å². The number of nitrogens with zero attached hydrogens (tertiary/aromatic N) is 1. The van der Waals surface area contributed by atoms with Gasteiger partial charge in [0.2, 0.25) is 0 Å². The predicted molar refractivity (Wildman–Crippen MR) is 88.7 cm³/mol. The SMILES string of the molecule is CC1CCN(S(=O)(=O)NC(CN)C2CCCCC2)CC1.Cl. The molecule has 126 valence electrons. The van der Waals surface area contributed by atoms with Gasteiger partial charge < -0.3 is 5.73 Å². The number of halogens is 1. The lowest BCUT2D eigenvalue weighted by molar-refractivity contribution is 0.266. The molecule has 0 spiro atoms. The molecule has 1 unspecified atom stereocenters. The van der Waals surface area contributed by atoms with Crippen molar-refractivity contribution in [3.05, 3.63) is 0 Å². The molecule has 7 heteroatoms. The summed E-state index contributed by atoms with van der Waals surface area (Å²) in [5.74, 6) is 1.04. The molecule has 1 heterocycles. The third-order valence-electron chi connectivity index (χ3n) is 4.86. The van der Waals surface area contributed by atoms with Gasteiger partial charge in [-0.2, -0.15) is 17.4 Å². The zero-order valence-electron chi connectivity index (χ0n) is 13.0. The van der Waals surface area contributed by atoms with Crippen molar-refractivity contribution in [1.29, 1.82) is 0 Å². The van der Waals surface area contributed by atoms with Crippen LogP contribution in [-0.4, -0.2) is 38.4 Å². The highest BCUT2D eigenvalue weighted by molar-refractivity contribution is 7.87. The van der Waals surface area contributed by atoms with Crippen molar-refractivity contribution in [2.75, 3.05) is 19.6 Å². The Morgan fingerprint density at radius 1 is 1.14 bits per heavy atom. The van der Waals surface area contributed by atoms with Gasteiger partial charge in [0.15, 0.2) is 0 Å². The summed E-state index contributed by atoms with van der Waals surface area (Å²) < 4.78 is 29.4. The molecule has 2 rings (SSSR count). The summed E-state index contributed by atoms with van der Waals surface area (Å²) in [4.78, 5) is 0. The lowest BCUT2D eigenvalue weighted by Gasteiger charge is -2.34. The van der Waals surface area contributed by atoms with Crippen molar-refractivity contribution >= 4 is 22.6 Å². The Morgan fingerprint density at radius 3 is 2.24 bits per heavy atom. The molecule has 1 saturated carbocycles. The normalized spacial score (nSPS) is 24.5. The van der Waals surface area contributed by atoms with Gasteiger partial charge in [0.25, 0.3) is 10.2 Å². The monoisotopic (exact) mass is 339 g/mol. The smallest absolute Gasteiger partial charge is 0.279 e. The minimum atomic E-state index is -3.36. The summed E-state index contributed by atoms with van der Waals surface area (Å²) in [6.07, 6.45) is 7.77. The average molecular weight is 340 g/mol. The van der Waals surface area contributed by atoms with Crippen LogP contribution in [0.3, 0.4) is 0 Å². The Morgan fingerprint density at radius 2 is 1.71 bits per heavy atom. The van der Waals surface area contributed by atoms with E-state index in [2.05, 4.69) is 11.6 Å². The molecule has 1 aliphatic heterocycles. The molecule has 5 nitrogen and oxygen atoms in total. The number of nitrogens with one attached hydrogen (secondary N) is 1. The molecule has 1 saturated heterocycles. The molecule has 2 aliphatic rings. The molecule has 21 heavy (non-hydrogen) atoms. The van der Waals surface area contributed by atoms with Crippen LogP contribution in [0.2, 0.25) is 0 Å². The second-order valence-electron chi connectivity index (χ2n) is 6.44. The molecule has 3 N–H and O–H groups in total. The maximum absolute atomic E-state index is 12.5. The van der Waals surface area contributed by atoms with Crippen molar-refractivity contribution in [1.82, 2.24) is 9.03 Å². The fourth-order valence-corrected chi connectivity index (χ4v) is 4.88. The summed E-state index contributed by atoms with van der Waals surface area (Å²) in [5, 5.41) is 0. The summed E-state index contributed by atoms with van der Waals surface area (Å²) in [6, 6.07) is -0.0975. The average Bonchev–Trinajstić information content (AvgIpc) is 2.46. The quantitative estimate of drug-likeness (QED) is 0.803. The number of rotatable bonds is 5. The van der Waals surface area contributed by atoms with Crippen molar-refractivity contribution < 1.29 is 8.42 Å². The van der Waals surface area contributed by atoms with E-state index in [0.29, 0.717) is 31.5 Å². The summed E-state index contributed by atoms with van der Waals surface area (Å²) in [6.45, 7) is 3.85. The fraction of sp³-hybridized carbons (Fsp3) is 1.00. The van der Waals surface area contributed by atoms with Crippen molar-refractivity contribution in [2.45, 2.75) is 57.9 Å². The van der Waals surface area contributed by atoms with Crippen LogP contribution < -0.4 is 10.5 Å². The van der Waals surface area contributed by atoms with Crippen LogP contribution in [0.25, 0.3) is 0 Å². The minimum Gasteiger partial charge on any atom is -0.329 e. The standard InChI is InChI=1S/C14H29N3O2S.ClH/c1-12-7-9-17(10-8-12)20(18,19)16-14(11-15)13-5-3-2-4-6-13;/h12-14,16H,2-11,15H2,1H3;1H. The Labute approximate surface area is 135 Å². The third-order valence-corrected chi connectivity index (χ3v) is 6.50. The molecule has 1 atom stereocenters. The van der Waals surface area contributed by atoms with Crippen molar-refractivity contribution in [3.8, 4) is 0 Å². The Hall–Kier alpha value is 0.120. The molecular formula is C14H30ClN3O2S. The van der Waals surface area contributed by atoms with E-state index in [1.165, 1.54) is 19.3 Å². The highest BCUT2D eigenvalue weighted by Crippen LogP contribution is 2.27. The number of hydrogen-bond acceptors (Lipinski definition) is 3. The maximum Gasteiger partial charge on any atom is 0.279 e. The van der Waals surface area contributed by atoms with Crippen LogP contribution in [0.1, 0.15) is 51.9 Å². The van der Waals surface area contributed by atoms with E-state index in [1.54, 1.807) is 4.31 Å². The topological polar surface area (TPSA) is 75.4 Å². The van der Waals surface area contributed by atoms with E-state index >= 15 is 0 Å². The first-order chi connectivity index (χ1) is 9.53. The molecule has 0 aromatic heterocycles. The van der Waals surface area contributed by atoms with Gasteiger partial charge in [0.1, 0.15) is 0 Å². The number of piperidine rings is 1. The highest BCUT2D eigenvalue weighted by atomic mass is 35.5. The summed E-state index contributed by atoms with van der Waals surface area (Å²) in [7, 11) is -3.36. The van der Waals surface area contributed by atoms with Crippen molar-refractivity contribution in [3.63, 3.8) is 0 Å². The Bertz CT molecular complexity index is 391. The lowest BCUT2D eigenvalue weighted by atomic mass is 9.84. The van der Waals surface area contributed by atoms with E-state index in [4.69, 9.17) is 5.73 Å². The largest absolute Gasteiger partial charge is 0.329 e. The number of nitrogens with two attached hydrogens (primary N) is 1. The van der Waals surface area contributed by atoms with Gasteiger partial charge in [-0.1, -0.05) is 26.2 Å². The van der Waals surface area contributed by atoms with E-state index < -0.39 is 10.2 Å². The molecule has 2 fully saturated rings. The first-order valence-corrected chi connectivity index (χ1v) is 9.44. The van der Waals surface area contributed by atoms with Gasteiger partial charge in [-0.25, -0.2) is 0 Å². The second kappa shape index (κ2) is 8.67. The molecule has 0 bridgehead atoms. The Kier molecular flexibility index (Phi) is 7.92. The van der Waals surface area contributed by atoms with Gasteiger partial charge >= 0.3 is 0 Å². The van der Waals surface area contributed by atoms with Gasteiger partial charge in [-0.15, -0.1) is 12.4 Å². The van der Waals surface area contributed by atoms with E-state index in [0.717, 1.165) is 25.7 Å². The number of hydrogen-bond donors (Lipinski definition) is 2. The van der Waals surface area contributed by atoms with Crippen LogP contribution in [0.4, 0.5) is 0 Å². The van der Waals surface area contributed by atoms with Crippen LogP contribution in [0.15, 0.2) is 0 Å².